The highest BCUT2D eigenvalue weighted by Gasteiger charge is 2.54. The van der Waals surface area contributed by atoms with Crippen LogP contribution in [-0.2, 0) is 29.3 Å². The topological polar surface area (TPSA) is 74.3 Å². The van der Waals surface area contributed by atoms with Crippen LogP contribution in [0, 0.1) is 5.92 Å². The highest BCUT2D eigenvalue weighted by Crippen LogP contribution is 2.47. The molecule has 1 aliphatic heterocycles. The molecule has 0 saturated carbocycles. The van der Waals surface area contributed by atoms with Crippen molar-refractivity contribution in [3.63, 3.8) is 0 Å². The second-order valence-electron chi connectivity index (χ2n) is 9.61. The van der Waals surface area contributed by atoms with E-state index >= 15 is 0 Å². The molecule has 0 amide bonds. The maximum Gasteiger partial charge on any atom is 0.339 e. The molecule has 0 spiro atoms. The van der Waals surface area contributed by atoms with Crippen molar-refractivity contribution in [3.8, 4) is 5.75 Å². The second-order valence-corrected chi connectivity index (χ2v) is 9.61. The first-order valence-electron chi connectivity index (χ1n) is 12.9. The molecule has 7 nitrogen and oxygen atoms in total. The summed E-state index contributed by atoms with van der Waals surface area (Å²) >= 11 is 0. The molecule has 3 atom stereocenters. The summed E-state index contributed by atoms with van der Waals surface area (Å²) in [5, 5.41) is 1.61. The highest BCUT2D eigenvalue weighted by atomic mass is 16.7. The Labute approximate surface area is 224 Å². The summed E-state index contributed by atoms with van der Waals surface area (Å²) in [6.07, 6.45) is -1.19. The Hall–Kier alpha value is -3.84. The average molecular weight is 518 g/mol. The van der Waals surface area contributed by atoms with Gasteiger partial charge in [0.2, 0.25) is 0 Å². The first kappa shape index (κ1) is 27.2. The van der Waals surface area contributed by atoms with E-state index in [-0.39, 0.29) is 18.6 Å². The van der Waals surface area contributed by atoms with Crippen LogP contribution >= 0.6 is 0 Å². The van der Waals surface area contributed by atoms with Crippen LogP contribution in [0.5, 0.6) is 5.75 Å². The van der Waals surface area contributed by atoms with E-state index < -0.39 is 30.0 Å². The fourth-order valence-electron chi connectivity index (χ4n) is 4.96. The number of esters is 2. The van der Waals surface area contributed by atoms with Crippen LogP contribution in [0.4, 0.5) is 5.69 Å². The zero-order valence-corrected chi connectivity index (χ0v) is 22.5. The van der Waals surface area contributed by atoms with Crippen molar-refractivity contribution >= 4 is 17.6 Å². The number of para-hydroxylation sites is 1. The lowest BCUT2D eigenvalue weighted by atomic mass is 9.76. The number of nitrogens with zero attached hydrogens (tertiary/aromatic N) is 1. The summed E-state index contributed by atoms with van der Waals surface area (Å²) in [6, 6.07) is 24.8. The number of anilines is 1. The van der Waals surface area contributed by atoms with Gasteiger partial charge in [-0.05, 0) is 49.2 Å². The molecule has 1 aliphatic rings. The predicted molar refractivity (Wildman–Crippen MR) is 145 cm³/mol. The lowest BCUT2D eigenvalue weighted by Crippen LogP contribution is -2.36. The molecule has 3 aromatic carbocycles. The zero-order valence-electron chi connectivity index (χ0n) is 22.5. The number of rotatable bonds is 9. The van der Waals surface area contributed by atoms with Gasteiger partial charge in [-0.25, -0.2) is 9.86 Å². The lowest BCUT2D eigenvalue weighted by molar-refractivity contribution is -0.164. The molecule has 7 heteroatoms. The SMILES string of the molecule is CCOC(=O)[C@@H]1[C@H](C(=O)OCC)ON(c2ccccc2)[C@H]1c1cc(C(C)(C)c2ccccc2)ccc1OC. The van der Waals surface area contributed by atoms with Crippen LogP contribution in [0.3, 0.4) is 0 Å². The third-order valence-corrected chi connectivity index (χ3v) is 7.00. The molecule has 200 valence electrons. The van der Waals surface area contributed by atoms with E-state index in [2.05, 4.69) is 26.0 Å². The number of ether oxygens (including phenoxy) is 3. The standard InChI is InChI=1S/C31H35NO6/c1-6-36-29(33)26-27(32(23-16-12-9-13-17-23)38-28(26)30(34)37-7-2)24-20-22(18-19-25(24)35-5)31(3,4)21-14-10-8-11-15-21/h8-20,26-28H,6-7H2,1-5H3/t26-,27-,28+/m0/s1. The monoisotopic (exact) mass is 517 g/mol. The zero-order chi connectivity index (χ0) is 27.3. The van der Waals surface area contributed by atoms with Gasteiger partial charge in [-0.15, -0.1) is 0 Å². The summed E-state index contributed by atoms with van der Waals surface area (Å²) in [6.45, 7) is 8.09. The van der Waals surface area contributed by atoms with Gasteiger partial charge in [0.1, 0.15) is 17.7 Å². The van der Waals surface area contributed by atoms with E-state index in [1.54, 1.807) is 26.0 Å². The third kappa shape index (κ3) is 5.24. The van der Waals surface area contributed by atoms with Crippen LogP contribution in [0.1, 0.15) is 50.4 Å². The van der Waals surface area contributed by atoms with Gasteiger partial charge in [0, 0.05) is 11.0 Å². The second kappa shape index (κ2) is 11.7. The maximum absolute atomic E-state index is 13.5. The number of hydrogen-bond donors (Lipinski definition) is 0. The molecule has 0 unspecified atom stereocenters. The number of methoxy groups -OCH3 is 1. The number of hydrogen-bond acceptors (Lipinski definition) is 7. The van der Waals surface area contributed by atoms with Crippen LogP contribution in [0.2, 0.25) is 0 Å². The van der Waals surface area contributed by atoms with E-state index in [9.17, 15) is 9.59 Å². The van der Waals surface area contributed by atoms with Crippen molar-refractivity contribution in [2.75, 3.05) is 25.4 Å². The molecule has 0 radical (unpaired) electrons. The fourth-order valence-corrected chi connectivity index (χ4v) is 4.96. The van der Waals surface area contributed by atoms with Crippen molar-refractivity contribution in [1.29, 1.82) is 0 Å². The maximum atomic E-state index is 13.5. The summed E-state index contributed by atoms with van der Waals surface area (Å²) < 4.78 is 16.6. The van der Waals surface area contributed by atoms with Crippen molar-refractivity contribution in [3.05, 3.63) is 95.6 Å². The summed E-state index contributed by atoms with van der Waals surface area (Å²) in [5.74, 6) is -1.57. The van der Waals surface area contributed by atoms with E-state index in [1.165, 1.54) is 0 Å². The Kier molecular flexibility index (Phi) is 8.37. The molecule has 1 heterocycles. The van der Waals surface area contributed by atoms with Crippen LogP contribution in [0.15, 0.2) is 78.9 Å². The van der Waals surface area contributed by atoms with E-state index in [0.717, 1.165) is 11.1 Å². The molecule has 4 rings (SSSR count). The lowest BCUT2D eigenvalue weighted by Gasteiger charge is -2.31. The Bertz CT molecular complexity index is 1240. The van der Waals surface area contributed by atoms with Crippen LogP contribution in [0.25, 0.3) is 0 Å². The molecule has 3 aromatic rings. The minimum absolute atomic E-state index is 0.161. The minimum atomic E-state index is -1.19. The van der Waals surface area contributed by atoms with Gasteiger partial charge in [-0.2, -0.15) is 0 Å². The molecule has 1 fully saturated rings. The fraction of sp³-hybridized carbons (Fsp3) is 0.355. The van der Waals surface area contributed by atoms with E-state index in [0.29, 0.717) is 17.0 Å². The Morgan fingerprint density at radius 2 is 1.45 bits per heavy atom. The Balaban J connectivity index is 1.91. The average Bonchev–Trinajstić information content (AvgIpc) is 3.35. The van der Waals surface area contributed by atoms with Crippen LogP contribution < -0.4 is 9.80 Å². The Morgan fingerprint density at radius 1 is 0.842 bits per heavy atom. The minimum Gasteiger partial charge on any atom is -0.496 e. The van der Waals surface area contributed by atoms with Crippen LogP contribution in [-0.4, -0.2) is 38.4 Å². The van der Waals surface area contributed by atoms with Gasteiger partial charge < -0.3 is 14.2 Å². The molecule has 0 aromatic heterocycles. The molecule has 0 aliphatic carbocycles. The number of benzene rings is 3. The van der Waals surface area contributed by atoms with Gasteiger partial charge >= 0.3 is 11.9 Å². The van der Waals surface area contributed by atoms with Gasteiger partial charge in [-0.1, -0.05) is 68.4 Å². The molecule has 38 heavy (non-hydrogen) atoms. The van der Waals surface area contributed by atoms with Crippen molar-refractivity contribution in [2.45, 2.75) is 45.3 Å². The first-order chi connectivity index (χ1) is 18.3. The Morgan fingerprint density at radius 3 is 2.05 bits per heavy atom. The highest BCUT2D eigenvalue weighted by molar-refractivity contribution is 5.86. The van der Waals surface area contributed by atoms with Gasteiger partial charge in [0.25, 0.3) is 0 Å². The summed E-state index contributed by atoms with van der Waals surface area (Å²) in [5.41, 5.74) is 3.22. The van der Waals surface area contributed by atoms with Crippen molar-refractivity contribution < 1.29 is 28.6 Å². The van der Waals surface area contributed by atoms with Crippen molar-refractivity contribution in [1.82, 2.24) is 0 Å². The largest absolute Gasteiger partial charge is 0.496 e. The van der Waals surface area contributed by atoms with E-state index in [4.69, 9.17) is 19.0 Å². The van der Waals surface area contributed by atoms with Gasteiger partial charge in [-0.3, -0.25) is 9.63 Å². The van der Waals surface area contributed by atoms with E-state index in [1.807, 2.05) is 66.7 Å². The number of hydroxylamine groups is 1. The first-order valence-corrected chi connectivity index (χ1v) is 12.9. The molecular weight excluding hydrogens is 482 g/mol. The van der Waals surface area contributed by atoms with Crippen molar-refractivity contribution in [2.24, 2.45) is 5.92 Å². The summed E-state index contributed by atoms with van der Waals surface area (Å²) in [4.78, 5) is 32.7. The predicted octanol–water partition coefficient (Wildman–Crippen LogP) is 5.63. The number of carbonyl (C=O) groups excluding carboxylic acids is 2. The quantitative estimate of drug-likeness (QED) is 0.341. The molecular formula is C31H35NO6. The number of carbonyl (C=O) groups is 2. The molecule has 0 bridgehead atoms. The van der Waals surface area contributed by atoms with Gasteiger partial charge in [0.15, 0.2) is 6.10 Å². The third-order valence-electron chi connectivity index (χ3n) is 7.00. The van der Waals surface area contributed by atoms with Gasteiger partial charge in [0.05, 0.1) is 26.0 Å². The summed E-state index contributed by atoms with van der Waals surface area (Å²) in [7, 11) is 1.59. The smallest absolute Gasteiger partial charge is 0.339 e. The molecule has 0 N–H and O–H groups in total. The molecule has 1 saturated heterocycles. The normalized spacial score (nSPS) is 19.2.